The second-order valence-corrected chi connectivity index (χ2v) is 9.01. The molecule has 0 radical (unpaired) electrons. The molecule has 2 rings (SSSR count). The lowest BCUT2D eigenvalue weighted by Gasteiger charge is -2.18. The summed E-state index contributed by atoms with van der Waals surface area (Å²) in [6, 6.07) is 10.8. The number of ether oxygens (including phenoxy) is 2. The molecule has 0 aliphatic carbocycles. The maximum Gasteiger partial charge on any atom is 0.169 e. The molecule has 2 aromatic carbocycles. The molecule has 0 aromatic heterocycles. The Balaban J connectivity index is 1.87. The van der Waals surface area contributed by atoms with Gasteiger partial charge in [-0.15, -0.1) is 0 Å². The number of rotatable bonds is 18. The standard InChI is InChI=1S/C29H46O2/c1-4-6-8-10-12-14-18-22-30-28-25(3)24-26-20-16-17-21-27(26)29(28)31-23-19-15-13-11-9-7-5-2/h16-17,20-21,24H,4-15,18-19,22-23H2,1-3H3. The summed E-state index contributed by atoms with van der Waals surface area (Å²) in [5, 5.41) is 2.41. The molecule has 0 bridgehead atoms. The first-order chi connectivity index (χ1) is 15.3. The van der Waals surface area contributed by atoms with E-state index in [1.54, 1.807) is 0 Å². The van der Waals surface area contributed by atoms with E-state index in [9.17, 15) is 0 Å². The minimum atomic E-state index is 0.773. The van der Waals surface area contributed by atoms with Crippen molar-refractivity contribution in [2.45, 2.75) is 111 Å². The number of hydrogen-bond acceptors (Lipinski definition) is 2. The Hall–Kier alpha value is -1.70. The van der Waals surface area contributed by atoms with Crippen LogP contribution in [-0.2, 0) is 0 Å². The maximum absolute atomic E-state index is 6.36. The topological polar surface area (TPSA) is 18.5 Å². The highest BCUT2D eigenvalue weighted by molar-refractivity contribution is 5.91. The highest BCUT2D eigenvalue weighted by Crippen LogP contribution is 2.39. The Morgan fingerprint density at radius 1 is 0.581 bits per heavy atom. The normalized spacial score (nSPS) is 11.2. The zero-order valence-corrected chi connectivity index (χ0v) is 20.5. The van der Waals surface area contributed by atoms with Crippen molar-refractivity contribution in [2.75, 3.05) is 13.2 Å². The highest BCUT2D eigenvalue weighted by Gasteiger charge is 2.14. The van der Waals surface area contributed by atoms with Crippen LogP contribution in [0.15, 0.2) is 30.3 Å². The molecule has 2 aromatic rings. The summed E-state index contributed by atoms with van der Waals surface area (Å²) in [5.41, 5.74) is 1.18. The molecule has 0 atom stereocenters. The van der Waals surface area contributed by atoms with Crippen LogP contribution in [0.3, 0.4) is 0 Å². The molecule has 2 nitrogen and oxygen atoms in total. The fourth-order valence-electron chi connectivity index (χ4n) is 4.22. The van der Waals surface area contributed by atoms with Gasteiger partial charge < -0.3 is 9.47 Å². The summed E-state index contributed by atoms with van der Waals surface area (Å²) in [6.07, 6.45) is 18.2. The fraction of sp³-hybridized carbons (Fsp3) is 0.655. The van der Waals surface area contributed by atoms with Gasteiger partial charge in [-0.2, -0.15) is 0 Å². The van der Waals surface area contributed by atoms with E-state index < -0.39 is 0 Å². The summed E-state index contributed by atoms with van der Waals surface area (Å²) in [4.78, 5) is 0. The molecule has 0 unspecified atom stereocenters. The molecule has 0 amide bonds. The second-order valence-electron chi connectivity index (χ2n) is 9.01. The van der Waals surface area contributed by atoms with Crippen molar-refractivity contribution in [3.05, 3.63) is 35.9 Å². The van der Waals surface area contributed by atoms with Crippen LogP contribution in [0.25, 0.3) is 10.8 Å². The molecular formula is C29H46O2. The molecule has 174 valence electrons. The zero-order chi connectivity index (χ0) is 22.2. The highest BCUT2D eigenvalue weighted by atomic mass is 16.5. The quantitative estimate of drug-likeness (QED) is 0.221. The van der Waals surface area contributed by atoms with Crippen LogP contribution in [0, 0.1) is 6.92 Å². The minimum Gasteiger partial charge on any atom is -0.489 e. The first-order valence-electron chi connectivity index (χ1n) is 13.1. The molecule has 2 heteroatoms. The van der Waals surface area contributed by atoms with Gasteiger partial charge in [-0.05, 0) is 36.8 Å². The Bertz CT molecular complexity index is 722. The van der Waals surface area contributed by atoms with Crippen LogP contribution in [0.5, 0.6) is 11.5 Å². The molecule has 0 saturated heterocycles. The molecule has 0 N–H and O–H groups in total. The lowest BCUT2D eigenvalue weighted by molar-refractivity contribution is 0.259. The van der Waals surface area contributed by atoms with Gasteiger partial charge in [-0.3, -0.25) is 0 Å². The van der Waals surface area contributed by atoms with E-state index in [-0.39, 0.29) is 0 Å². The van der Waals surface area contributed by atoms with E-state index in [1.807, 2.05) is 0 Å². The number of hydrogen-bond donors (Lipinski definition) is 0. The van der Waals surface area contributed by atoms with E-state index in [4.69, 9.17) is 9.47 Å². The van der Waals surface area contributed by atoms with E-state index in [0.29, 0.717) is 0 Å². The SMILES string of the molecule is CCCCCCCCCOc1c(C)cc2ccccc2c1OCCCCCCCCC. The summed E-state index contributed by atoms with van der Waals surface area (Å²) in [6.45, 7) is 8.24. The van der Waals surface area contributed by atoms with E-state index >= 15 is 0 Å². The first kappa shape index (κ1) is 25.6. The van der Waals surface area contributed by atoms with Gasteiger partial charge in [0.2, 0.25) is 0 Å². The number of aryl methyl sites for hydroxylation is 1. The van der Waals surface area contributed by atoms with Gasteiger partial charge in [0.25, 0.3) is 0 Å². The molecule has 0 spiro atoms. The van der Waals surface area contributed by atoms with Gasteiger partial charge in [0.05, 0.1) is 13.2 Å². The van der Waals surface area contributed by atoms with Gasteiger partial charge in [0.15, 0.2) is 11.5 Å². The van der Waals surface area contributed by atoms with Crippen molar-refractivity contribution in [2.24, 2.45) is 0 Å². The molecule has 0 heterocycles. The number of fused-ring (bicyclic) bond motifs is 1. The van der Waals surface area contributed by atoms with Gasteiger partial charge in [0, 0.05) is 5.39 Å². The Morgan fingerprint density at radius 2 is 1.06 bits per heavy atom. The fourth-order valence-corrected chi connectivity index (χ4v) is 4.22. The Morgan fingerprint density at radius 3 is 1.65 bits per heavy atom. The van der Waals surface area contributed by atoms with E-state index in [1.165, 1.54) is 93.4 Å². The van der Waals surface area contributed by atoms with Crippen LogP contribution in [0.1, 0.15) is 109 Å². The van der Waals surface area contributed by atoms with Crippen LogP contribution in [0.2, 0.25) is 0 Å². The van der Waals surface area contributed by atoms with Gasteiger partial charge >= 0.3 is 0 Å². The first-order valence-corrected chi connectivity index (χ1v) is 13.1. The minimum absolute atomic E-state index is 0.773. The van der Waals surface area contributed by atoms with Crippen molar-refractivity contribution < 1.29 is 9.47 Å². The number of unbranched alkanes of at least 4 members (excludes halogenated alkanes) is 12. The summed E-state index contributed by atoms with van der Waals surface area (Å²) in [5.74, 6) is 1.90. The zero-order valence-electron chi connectivity index (χ0n) is 20.5. The van der Waals surface area contributed by atoms with Crippen molar-refractivity contribution in [3.8, 4) is 11.5 Å². The largest absolute Gasteiger partial charge is 0.489 e. The molecular weight excluding hydrogens is 380 g/mol. The van der Waals surface area contributed by atoms with Crippen LogP contribution in [0.4, 0.5) is 0 Å². The third-order valence-electron chi connectivity index (χ3n) is 6.13. The lowest BCUT2D eigenvalue weighted by Crippen LogP contribution is -2.05. The Labute approximate surface area is 191 Å². The second kappa shape index (κ2) is 16.0. The predicted octanol–water partition coefficient (Wildman–Crippen LogP) is 9.41. The molecule has 0 fully saturated rings. The van der Waals surface area contributed by atoms with Crippen molar-refractivity contribution in [1.29, 1.82) is 0 Å². The molecule has 0 aliphatic rings. The van der Waals surface area contributed by atoms with Crippen molar-refractivity contribution >= 4 is 10.8 Å². The van der Waals surface area contributed by atoms with Crippen LogP contribution < -0.4 is 9.47 Å². The average molecular weight is 427 g/mol. The van der Waals surface area contributed by atoms with Crippen molar-refractivity contribution in [3.63, 3.8) is 0 Å². The predicted molar refractivity (Wildman–Crippen MR) is 136 cm³/mol. The molecule has 0 saturated carbocycles. The summed E-state index contributed by atoms with van der Waals surface area (Å²) in [7, 11) is 0. The van der Waals surface area contributed by atoms with Gasteiger partial charge in [0.1, 0.15) is 0 Å². The van der Waals surface area contributed by atoms with E-state index in [0.717, 1.165) is 37.6 Å². The summed E-state index contributed by atoms with van der Waals surface area (Å²) < 4.78 is 12.7. The van der Waals surface area contributed by atoms with Crippen LogP contribution in [-0.4, -0.2) is 13.2 Å². The molecule has 31 heavy (non-hydrogen) atoms. The average Bonchev–Trinajstić information content (AvgIpc) is 2.78. The monoisotopic (exact) mass is 426 g/mol. The van der Waals surface area contributed by atoms with Gasteiger partial charge in [-0.1, -0.05) is 115 Å². The van der Waals surface area contributed by atoms with Crippen molar-refractivity contribution in [1.82, 2.24) is 0 Å². The third kappa shape index (κ3) is 9.54. The number of benzene rings is 2. The molecule has 0 aliphatic heterocycles. The third-order valence-corrected chi connectivity index (χ3v) is 6.13. The lowest BCUT2D eigenvalue weighted by atomic mass is 10.0. The van der Waals surface area contributed by atoms with E-state index in [2.05, 4.69) is 51.1 Å². The Kier molecular flexibility index (Phi) is 13.2. The van der Waals surface area contributed by atoms with Crippen LogP contribution >= 0.6 is 0 Å². The smallest absolute Gasteiger partial charge is 0.169 e. The van der Waals surface area contributed by atoms with Gasteiger partial charge in [-0.25, -0.2) is 0 Å². The maximum atomic E-state index is 6.36. The summed E-state index contributed by atoms with van der Waals surface area (Å²) >= 11 is 0.